The van der Waals surface area contributed by atoms with Crippen LogP contribution < -0.4 is 0 Å². The predicted molar refractivity (Wildman–Crippen MR) is 166 cm³/mol. The molecule has 0 aromatic rings. The average molecular weight is 645 g/mol. The second-order valence-corrected chi connectivity index (χ2v) is 9.25. The first kappa shape index (κ1) is 43.5. The Bertz CT molecular complexity index is 449. The van der Waals surface area contributed by atoms with Crippen molar-refractivity contribution < 1.29 is 61.6 Å². The minimum Gasteiger partial charge on any atom is -0.379 e. The van der Waals surface area contributed by atoms with E-state index < -0.39 is 0 Å². The van der Waals surface area contributed by atoms with Crippen LogP contribution in [0.15, 0.2) is 0 Å². The molecule has 0 bridgehead atoms. The summed E-state index contributed by atoms with van der Waals surface area (Å²) in [6, 6.07) is 0. The van der Waals surface area contributed by atoms with E-state index in [2.05, 4.69) is 6.92 Å². The molecule has 0 fully saturated rings. The van der Waals surface area contributed by atoms with Crippen molar-refractivity contribution in [3.05, 3.63) is 0 Å². The maximum absolute atomic E-state index is 5.48. The van der Waals surface area contributed by atoms with Crippen LogP contribution in [0.25, 0.3) is 0 Å². The van der Waals surface area contributed by atoms with E-state index in [-0.39, 0.29) is 0 Å². The second-order valence-electron chi connectivity index (χ2n) is 9.25. The van der Waals surface area contributed by atoms with Gasteiger partial charge in [-0.1, -0.05) is 19.8 Å². The Hall–Kier alpha value is -0.520. The number of hydrogen-bond donors (Lipinski definition) is 0. The minimum atomic E-state index is 0.517. The number of unbranched alkanes of at least 4 members (excludes halogenated alkanes) is 2. The van der Waals surface area contributed by atoms with Crippen LogP contribution in [0.4, 0.5) is 0 Å². The van der Waals surface area contributed by atoms with Gasteiger partial charge in [0, 0.05) is 13.2 Å². The van der Waals surface area contributed by atoms with E-state index >= 15 is 0 Å². The third-order valence-corrected chi connectivity index (χ3v) is 5.56. The highest BCUT2D eigenvalue weighted by Crippen LogP contribution is 1.94. The minimum absolute atomic E-state index is 0.517. The van der Waals surface area contributed by atoms with Gasteiger partial charge in [0.25, 0.3) is 0 Å². The van der Waals surface area contributed by atoms with Crippen LogP contribution in [0, 0.1) is 0 Å². The van der Waals surface area contributed by atoms with Gasteiger partial charge in [-0.05, 0) is 13.3 Å². The fourth-order valence-electron chi connectivity index (χ4n) is 3.24. The van der Waals surface area contributed by atoms with Crippen LogP contribution in [-0.4, -0.2) is 172 Å². The normalized spacial score (nSPS) is 11.6. The van der Waals surface area contributed by atoms with Crippen LogP contribution in [0.3, 0.4) is 0 Å². The first-order valence-corrected chi connectivity index (χ1v) is 16.4. The molecule has 0 amide bonds. The molecule has 44 heavy (non-hydrogen) atoms. The van der Waals surface area contributed by atoms with Gasteiger partial charge in [-0.25, -0.2) is 0 Å². The Labute approximate surface area is 266 Å². The molecule has 0 N–H and O–H groups in total. The molecule has 0 saturated heterocycles. The molecule has 266 valence electrons. The third-order valence-electron chi connectivity index (χ3n) is 5.56. The summed E-state index contributed by atoms with van der Waals surface area (Å²) in [6.45, 7) is 18.8. The third kappa shape index (κ3) is 41.5. The lowest BCUT2D eigenvalue weighted by molar-refractivity contribution is -0.0289. The molecule has 0 unspecified atom stereocenters. The van der Waals surface area contributed by atoms with Gasteiger partial charge in [0.2, 0.25) is 0 Å². The standard InChI is InChI=1S/C31H64O13/c1-3-5-6-7-33-10-11-35-14-15-37-18-19-39-22-23-41-26-27-43-30-31-44-29-28-42-25-24-40-21-20-38-17-16-36-13-12-34-9-8-32-4-2/h3-31H2,1-2H3. The zero-order valence-electron chi connectivity index (χ0n) is 27.8. The van der Waals surface area contributed by atoms with E-state index in [1.807, 2.05) is 6.92 Å². The molecule has 0 radical (unpaired) electrons. The van der Waals surface area contributed by atoms with Gasteiger partial charge in [0.15, 0.2) is 0 Å². The molecule has 13 heteroatoms. The Kier molecular flexibility index (Phi) is 42.0. The van der Waals surface area contributed by atoms with E-state index in [1.54, 1.807) is 0 Å². The quantitative estimate of drug-likeness (QED) is 0.0907. The molecule has 0 rings (SSSR count). The molecular formula is C31H64O13. The molecule has 0 heterocycles. The topological polar surface area (TPSA) is 120 Å². The summed E-state index contributed by atoms with van der Waals surface area (Å²) < 4.78 is 70.7. The number of hydrogen-bond acceptors (Lipinski definition) is 13. The van der Waals surface area contributed by atoms with Gasteiger partial charge in [-0.3, -0.25) is 0 Å². The van der Waals surface area contributed by atoms with Crippen molar-refractivity contribution in [2.45, 2.75) is 33.1 Å². The molecule has 0 saturated carbocycles. The summed E-state index contributed by atoms with van der Waals surface area (Å²) >= 11 is 0. The van der Waals surface area contributed by atoms with Crippen molar-refractivity contribution >= 4 is 0 Å². The molecular weight excluding hydrogens is 580 g/mol. The summed E-state index contributed by atoms with van der Waals surface area (Å²) in [5, 5.41) is 0. The molecule has 0 aliphatic heterocycles. The molecule has 0 aromatic carbocycles. The monoisotopic (exact) mass is 644 g/mol. The highest BCUT2D eigenvalue weighted by atomic mass is 16.6. The van der Waals surface area contributed by atoms with Gasteiger partial charge in [-0.2, -0.15) is 0 Å². The van der Waals surface area contributed by atoms with E-state index in [0.717, 1.165) is 13.0 Å². The lowest BCUT2D eigenvalue weighted by Crippen LogP contribution is -2.15. The Balaban J connectivity index is 3.03. The lowest BCUT2D eigenvalue weighted by Gasteiger charge is -2.09. The Morgan fingerprint density at radius 1 is 0.205 bits per heavy atom. The highest BCUT2D eigenvalue weighted by Gasteiger charge is 1.97. The van der Waals surface area contributed by atoms with Crippen molar-refractivity contribution in [3.63, 3.8) is 0 Å². The van der Waals surface area contributed by atoms with E-state index in [9.17, 15) is 0 Å². The summed E-state index contributed by atoms with van der Waals surface area (Å²) in [5.41, 5.74) is 0. The molecule has 0 aliphatic carbocycles. The van der Waals surface area contributed by atoms with Crippen LogP contribution >= 0.6 is 0 Å². The summed E-state index contributed by atoms with van der Waals surface area (Å²) in [4.78, 5) is 0. The van der Waals surface area contributed by atoms with Crippen LogP contribution in [0.1, 0.15) is 33.1 Å². The fourth-order valence-corrected chi connectivity index (χ4v) is 3.24. The summed E-state index contributed by atoms with van der Waals surface area (Å²) in [5.74, 6) is 0. The maximum atomic E-state index is 5.48. The molecule has 0 aliphatic rings. The van der Waals surface area contributed by atoms with Crippen LogP contribution in [-0.2, 0) is 61.6 Å². The van der Waals surface area contributed by atoms with Gasteiger partial charge in [0.1, 0.15) is 0 Å². The smallest absolute Gasteiger partial charge is 0.0701 e. The zero-order chi connectivity index (χ0) is 31.7. The van der Waals surface area contributed by atoms with Crippen molar-refractivity contribution in [3.8, 4) is 0 Å². The Morgan fingerprint density at radius 2 is 0.386 bits per heavy atom. The summed E-state index contributed by atoms with van der Waals surface area (Å²) in [6.07, 6.45) is 3.55. The zero-order valence-corrected chi connectivity index (χ0v) is 27.8. The van der Waals surface area contributed by atoms with Gasteiger partial charge in [-0.15, -0.1) is 0 Å². The van der Waals surface area contributed by atoms with Crippen molar-refractivity contribution in [1.82, 2.24) is 0 Å². The SMILES string of the molecule is CCCCCOCCOCCOCCOCCOCCOCCOCCOCCOCCOCCOCCOCCOCC. The van der Waals surface area contributed by atoms with E-state index in [1.165, 1.54) is 12.8 Å². The highest BCUT2D eigenvalue weighted by molar-refractivity contribution is 4.40. The average Bonchev–Trinajstić information content (AvgIpc) is 3.04. The molecule has 0 atom stereocenters. The fraction of sp³-hybridized carbons (Fsp3) is 1.00. The van der Waals surface area contributed by atoms with Crippen molar-refractivity contribution in [2.24, 2.45) is 0 Å². The number of ether oxygens (including phenoxy) is 13. The van der Waals surface area contributed by atoms with Crippen LogP contribution in [0.5, 0.6) is 0 Å². The van der Waals surface area contributed by atoms with Crippen molar-refractivity contribution in [1.29, 1.82) is 0 Å². The largest absolute Gasteiger partial charge is 0.379 e. The van der Waals surface area contributed by atoms with E-state index in [0.29, 0.717) is 165 Å². The van der Waals surface area contributed by atoms with Gasteiger partial charge in [0.05, 0.1) is 159 Å². The maximum Gasteiger partial charge on any atom is 0.0701 e. The van der Waals surface area contributed by atoms with Gasteiger partial charge >= 0.3 is 0 Å². The molecule has 0 spiro atoms. The first-order chi connectivity index (χ1) is 21.9. The molecule has 13 nitrogen and oxygen atoms in total. The van der Waals surface area contributed by atoms with Crippen LogP contribution in [0.2, 0.25) is 0 Å². The second kappa shape index (κ2) is 42.5. The predicted octanol–water partition coefficient (Wildman–Crippen LogP) is 2.41. The van der Waals surface area contributed by atoms with Gasteiger partial charge < -0.3 is 61.6 Å². The Morgan fingerprint density at radius 3 is 0.568 bits per heavy atom. The number of rotatable bonds is 41. The lowest BCUT2D eigenvalue weighted by atomic mass is 10.3. The molecule has 0 aromatic heterocycles. The van der Waals surface area contributed by atoms with Crippen molar-refractivity contribution in [2.75, 3.05) is 172 Å². The summed E-state index contributed by atoms with van der Waals surface area (Å²) in [7, 11) is 0. The van der Waals surface area contributed by atoms with E-state index in [4.69, 9.17) is 61.6 Å². The first-order valence-electron chi connectivity index (χ1n) is 16.4.